The van der Waals surface area contributed by atoms with Gasteiger partial charge in [-0.05, 0) is 20.3 Å². The van der Waals surface area contributed by atoms with Crippen LogP contribution in [0.5, 0.6) is 0 Å². The number of amides is 1. The van der Waals surface area contributed by atoms with Crippen molar-refractivity contribution < 1.29 is 17.9 Å². The molecule has 3 rings (SSSR count). The summed E-state index contributed by atoms with van der Waals surface area (Å²) in [6.45, 7) is 6.17. The Morgan fingerprint density at radius 3 is 2.68 bits per heavy atom. The number of hydrogen-bond acceptors (Lipinski definition) is 5. The van der Waals surface area contributed by atoms with Crippen LogP contribution in [0.1, 0.15) is 37.9 Å². The highest BCUT2D eigenvalue weighted by molar-refractivity contribution is 7.86. The lowest BCUT2D eigenvalue weighted by molar-refractivity contribution is -0.136. The maximum absolute atomic E-state index is 13.4. The van der Waals surface area contributed by atoms with E-state index in [4.69, 9.17) is 4.74 Å². The van der Waals surface area contributed by atoms with Crippen LogP contribution in [0.4, 0.5) is 0 Å². The number of rotatable bonds is 7. The third kappa shape index (κ3) is 3.47. The molecule has 0 radical (unpaired) electrons. The van der Waals surface area contributed by atoms with Gasteiger partial charge in [0.05, 0.1) is 24.0 Å². The Bertz CT molecular complexity index is 822. The summed E-state index contributed by atoms with van der Waals surface area (Å²) in [4.78, 5) is 19.8. The summed E-state index contributed by atoms with van der Waals surface area (Å²) in [5.41, 5.74) is 0.0135. The van der Waals surface area contributed by atoms with E-state index < -0.39 is 15.6 Å². The fraction of sp³-hybridized carbons (Fsp3) is 0.778. The van der Waals surface area contributed by atoms with Crippen molar-refractivity contribution >= 4 is 16.1 Å². The summed E-state index contributed by atoms with van der Waals surface area (Å²) in [7, 11) is 1.03. The minimum absolute atomic E-state index is 0.00473. The first-order chi connectivity index (χ1) is 13.1. The summed E-state index contributed by atoms with van der Waals surface area (Å²) in [5.74, 6) is -0.257. The molecule has 1 amide bonds. The van der Waals surface area contributed by atoms with Gasteiger partial charge in [-0.3, -0.25) is 4.79 Å². The molecule has 0 N–H and O–H groups in total. The molecule has 9 nitrogen and oxygen atoms in total. The van der Waals surface area contributed by atoms with Crippen LogP contribution < -0.4 is 0 Å². The van der Waals surface area contributed by atoms with Crippen molar-refractivity contribution in [1.29, 1.82) is 0 Å². The topological polar surface area (TPSA) is 88.0 Å². The second-order valence-electron chi connectivity index (χ2n) is 8.17. The van der Waals surface area contributed by atoms with Gasteiger partial charge >= 0.3 is 0 Å². The lowest BCUT2D eigenvalue weighted by Crippen LogP contribution is -2.43. The molecule has 2 saturated heterocycles. The summed E-state index contributed by atoms with van der Waals surface area (Å²) in [5, 5.41) is 0. The van der Waals surface area contributed by atoms with E-state index in [1.54, 1.807) is 18.3 Å². The maximum Gasteiger partial charge on any atom is 0.281 e. The average molecular weight is 414 g/mol. The van der Waals surface area contributed by atoms with Gasteiger partial charge in [0.15, 0.2) is 0 Å². The number of nitrogens with zero attached hydrogens (tertiary/aromatic N) is 5. The van der Waals surface area contributed by atoms with Crippen LogP contribution in [0.15, 0.2) is 12.5 Å². The normalized spacial score (nSPS) is 26.5. The molecular formula is C18H31N5O4S. The van der Waals surface area contributed by atoms with Crippen LogP contribution in [0.3, 0.4) is 0 Å². The smallest absolute Gasteiger partial charge is 0.281 e. The number of likely N-dealkylation sites (tertiary alicyclic amines) is 1. The first kappa shape index (κ1) is 21.2. The quantitative estimate of drug-likeness (QED) is 0.651. The minimum Gasteiger partial charge on any atom is -0.383 e. The van der Waals surface area contributed by atoms with Crippen LogP contribution in [-0.4, -0.2) is 91.4 Å². The van der Waals surface area contributed by atoms with E-state index in [-0.39, 0.29) is 31.0 Å². The molecule has 0 aromatic carbocycles. The third-order valence-corrected chi connectivity index (χ3v) is 7.83. The summed E-state index contributed by atoms with van der Waals surface area (Å²) in [6, 6.07) is 0.248. The summed E-state index contributed by atoms with van der Waals surface area (Å²) < 4.78 is 35.4. The van der Waals surface area contributed by atoms with E-state index in [0.29, 0.717) is 26.1 Å². The van der Waals surface area contributed by atoms with Crippen LogP contribution in [0, 0.1) is 5.41 Å². The molecule has 28 heavy (non-hydrogen) atoms. The highest BCUT2D eigenvalue weighted by Crippen LogP contribution is 2.50. The van der Waals surface area contributed by atoms with E-state index in [0.717, 1.165) is 5.69 Å². The zero-order valence-electron chi connectivity index (χ0n) is 17.3. The Morgan fingerprint density at radius 1 is 1.39 bits per heavy atom. The number of aromatic nitrogens is 2. The first-order valence-electron chi connectivity index (χ1n) is 9.62. The molecule has 2 unspecified atom stereocenters. The van der Waals surface area contributed by atoms with Gasteiger partial charge in [-0.15, -0.1) is 0 Å². The predicted octanol–water partition coefficient (Wildman–Crippen LogP) is 0.535. The van der Waals surface area contributed by atoms with E-state index in [9.17, 15) is 13.2 Å². The molecule has 2 aliphatic rings. The number of imidazole rings is 1. The Labute approximate surface area is 167 Å². The lowest BCUT2D eigenvalue weighted by atomic mass is 9.75. The van der Waals surface area contributed by atoms with Crippen LogP contribution in [0.2, 0.25) is 0 Å². The molecule has 2 fully saturated rings. The molecule has 0 bridgehead atoms. The lowest BCUT2D eigenvalue weighted by Gasteiger charge is -2.28. The number of hydrogen-bond donors (Lipinski definition) is 0. The van der Waals surface area contributed by atoms with Crippen molar-refractivity contribution in [3.8, 4) is 0 Å². The standard InChI is InChI=1S/C18H31N5O4S/c1-14(2)22-11-16(19-13-22)15-10-23(28(25,26)20(3)4)12-18(15)6-7-21(17(18)24)8-9-27-5/h11,13-15H,6-10,12H2,1-5H3. The summed E-state index contributed by atoms with van der Waals surface area (Å²) >= 11 is 0. The molecule has 2 aliphatic heterocycles. The molecule has 1 aromatic rings. The van der Waals surface area contributed by atoms with Gasteiger partial charge in [0.2, 0.25) is 5.91 Å². The third-order valence-electron chi connectivity index (χ3n) is 5.98. The van der Waals surface area contributed by atoms with Crippen molar-refractivity contribution in [2.24, 2.45) is 5.41 Å². The van der Waals surface area contributed by atoms with Gasteiger partial charge in [-0.25, -0.2) is 4.98 Å². The highest BCUT2D eigenvalue weighted by atomic mass is 32.2. The van der Waals surface area contributed by atoms with Gasteiger partial charge in [0, 0.05) is 65.5 Å². The molecule has 1 aromatic heterocycles. The Kier molecular flexibility index (Phi) is 5.86. The zero-order chi connectivity index (χ0) is 20.7. The Hall–Kier alpha value is -1.49. The van der Waals surface area contributed by atoms with Crippen LogP contribution in [0.25, 0.3) is 0 Å². The SMILES string of the molecule is COCCN1CCC2(CN(S(=O)(=O)N(C)C)CC2c2cn(C(C)C)cn2)C1=O. The molecule has 0 saturated carbocycles. The van der Waals surface area contributed by atoms with E-state index in [2.05, 4.69) is 18.8 Å². The number of carbonyl (C=O) groups excluding carboxylic acids is 1. The molecule has 3 heterocycles. The van der Waals surface area contributed by atoms with Crippen molar-refractivity contribution in [3.05, 3.63) is 18.2 Å². The van der Waals surface area contributed by atoms with Crippen LogP contribution in [-0.2, 0) is 19.7 Å². The fourth-order valence-electron chi connectivity index (χ4n) is 4.21. The van der Waals surface area contributed by atoms with E-state index >= 15 is 0 Å². The average Bonchev–Trinajstić information content (AvgIpc) is 3.33. The Balaban J connectivity index is 1.98. The van der Waals surface area contributed by atoms with Gasteiger partial charge in [0.25, 0.3) is 10.2 Å². The summed E-state index contributed by atoms with van der Waals surface area (Å²) in [6.07, 6.45) is 4.33. The van der Waals surface area contributed by atoms with Gasteiger partial charge in [0.1, 0.15) is 0 Å². The van der Waals surface area contributed by atoms with Gasteiger partial charge in [-0.2, -0.15) is 17.0 Å². The molecule has 1 spiro atoms. The molecular weight excluding hydrogens is 382 g/mol. The minimum atomic E-state index is -3.61. The number of methoxy groups -OCH3 is 1. The molecule has 0 aliphatic carbocycles. The number of carbonyl (C=O) groups is 1. The maximum atomic E-state index is 13.4. The molecule has 158 valence electrons. The van der Waals surface area contributed by atoms with Crippen molar-refractivity contribution in [1.82, 2.24) is 23.1 Å². The highest BCUT2D eigenvalue weighted by Gasteiger charge is 2.59. The fourth-order valence-corrected chi connectivity index (χ4v) is 5.40. The second-order valence-corrected chi connectivity index (χ2v) is 10.3. The molecule has 2 atom stereocenters. The first-order valence-corrected chi connectivity index (χ1v) is 11.0. The van der Waals surface area contributed by atoms with Crippen molar-refractivity contribution in [2.45, 2.75) is 32.2 Å². The monoisotopic (exact) mass is 413 g/mol. The molecule has 10 heteroatoms. The van der Waals surface area contributed by atoms with Crippen molar-refractivity contribution in [3.63, 3.8) is 0 Å². The van der Waals surface area contributed by atoms with E-state index in [1.165, 1.54) is 22.7 Å². The predicted molar refractivity (Wildman–Crippen MR) is 105 cm³/mol. The van der Waals surface area contributed by atoms with Gasteiger partial charge in [-0.1, -0.05) is 0 Å². The van der Waals surface area contributed by atoms with Gasteiger partial charge < -0.3 is 14.2 Å². The Morgan fingerprint density at radius 2 is 2.11 bits per heavy atom. The second kappa shape index (κ2) is 7.74. The number of ether oxygens (including phenoxy) is 1. The zero-order valence-corrected chi connectivity index (χ0v) is 18.1. The van der Waals surface area contributed by atoms with E-state index in [1.807, 2.05) is 10.8 Å². The van der Waals surface area contributed by atoms with Crippen LogP contribution >= 0.6 is 0 Å². The van der Waals surface area contributed by atoms with Crippen molar-refractivity contribution in [2.75, 3.05) is 54.0 Å². The largest absolute Gasteiger partial charge is 0.383 e.